The van der Waals surface area contributed by atoms with Gasteiger partial charge in [0, 0.05) is 27.6 Å². The van der Waals surface area contributed by atoms with Gasteiger partial charge in [-0.3, -0.25) is 4.79 Å². The lowest BCUT2D eigenvalue weighted by molar-refractivity contribution is -0.104. The Hall–Kier alpha value is -3.91. The fourth-order valence-electron chi connectivity index (χ4n) is 7.43. The van der Waals surface area contributed by atoms with Gasteiger partial charge in [0.2, 0.25) is 0 Å². The molecule has 3 aliphatic rings. The molecule has 0 bridgehead atoms. The van der Waals surface area contributed by atoms with Gasteiger partial charge in [0.25, 0.3) is 0 Å². The van der Waals surface area contributed by atoms with Crippen LogP contribution >= 0.6 is 0 Å². The molecule has 2 nitrogen and oxygen atoms in total. The topological polar surface area (TPSA) is 20.3 Å². The molecule has 0 saturated carbocycles. The first-order valence-corrected chi connectivity index (χ1v) is 13.6. The van der Waals surface area contributed by atoms with Crippen LogP contribution in [0.1, 0.15) is 69.4 Å². The van der Waals surface area contributed by atoms with E-state index >= 15 is 0 Å². The van der Waals surface area contributed by atoms with Crippen molar-refractivity contribution >= 4 is 17.7 Å². The van der Waals surface area contributed by atoms with E-state index in [0.717, 1.165) is 17.7 Å². The predicted octanol–water partition coefficient (Wildman–Crippen LogP) is 8.81. The molecule has 0 atom stereocenters. The zero-order valence-corrected chi connectivity index (χ0v) is 23.0. The zero-order chi connectivity index (χ0) is 26.6. The maximum absolute atomic E-state index is 12.0. The van der Waals surface area contributed by atoms with Gasteiger partial charge in [-0.1, -0.05) is 96.1 Å². The standard InChI is InChI=1S/C36H33NO/c1-34(2)27-13-9-7-11-23(27)25-16-15-22(19-29(25)34)37-32-21-30-26(20-31(32)36(5,6)33(37)17-18-38)24-12-8-10-14-28(24)35(30,3)4/h7-21H,1-6H3/b33-17+. The highest BCUT2D eigenvalue weighted by atomic mass is 16.1. The number of rotatable bonds is 2. The zero-order valence-electron chi connectivity index (χ0n) is 23.0. The van der Waals surface area contributed by atoms with Crippen LogP contribution in [0, 0.1) is 0 Å². The second-order valence-electron chi connectivity index (χ2n) is 12.6. The van der Waals surface area contributed by atoms with Gasteiger partial charge in [-0.25, -0.2) is 0 Å². The Labute approximate surface area is 225 Å². The van der Waals surface area contributed by atoms with E-state index in [1.807, 2.05) is 0 Å². The van der Waals surface area contributed by atoms with Gasteiger partial charge >= 0.3 is 0 Å². The van der Waals surface area contributed by atoms with E-state index in [2.05, 4.69) is 125 Å². The fraction of sp³-hybridized carbons (Fsp3) is 0.250. The summed E-state index contributed by atoms with van der Waals surface area (Å²) >= 11 is 0. The van der Waals surface area contributed by atoms with Crippen molar-refractivity contribution in [2.75, 3.05) is 4.90 Å². The molecule has 1 heterocycles. The predicted molar refractivity (Wildman–Crippen MR) is 157 cm³/mol. The van der Waals surface area contributed by atoms with E-state index in [-0.39, 0.29) is 16.2 Å². The van der Waals surface area contributed by atoms with Crippen molar-refractivity contribution in [1.82, 2.24) is 0 Å². The smallest absolute Gasteiger partial charge is 0.144 e. The molecule has 4 aromatic carbocycles. The second kappa shape index (κ2) is 7.35. The number of aldehydes is 1. The van der Waals surface area contributed by atoms with Gasteiger partial charge in [-0.2, -0.15) is 0 Å². The Morgan fingerprint density at radius 2 is 1.11 bits per heavy atom. The first kappa shape index (κ1) is 23.2. The van der Waals surface area contributed by atoms with E-state index in [1.165, 1.54) is 55.8 Å². The van der Waals surface area contributed by atoms with Crippen LogP contribution in [0.25, 0.3) is 22.3 Å². The highest BCUT2D eigenvalue weighted by Crippen LogP contribution is 2.58. The van der Waals surface area contributed by atoms with Crippen molar-refractivity contribution in [3.8, 4) is 22.3 Å². The summed E-state index contributed by atoms with van der Waals surface area (Å²) in [6, 6.07) is 29.2. The molecule has 1 aliphatic heterocycles. The quantitative estimate of drug-likeness (QED) is 0.204. The van der Waals surface area contributed by atoms with Crippen LogP contribution in [-0.4, -0.2) is 6.29 Å². The third-order valence-corrected chi connectivity index (χ3v) is 9.55. The van der Waals surface area contributed by atoms with E-state index in [1.54, 1.807) is 6.08 Å². The highest BCUT2D eigenvalue weighted by molar-refractivity contribution is 5.91. The molecule has 0 amide bonds. The number of nitrogens with zero attached hydrogens (tertiary/aromatic N) is 1. The van der Waals surface area contributed by atoms with Gasteiger partial charge in [0.05, 0.1) is 5.69 Å². The molecule has 0 aromatic heterocycles. The van der Waals surface area contributed by atoms with Crippen molar-refractivity contribution in [2.45, 2.75) is 57.8 Å². The van der Waals surface area contributed by atoms with Crippen LogP contribution in [0.5, 0.6) is 0 Å². The summed E-state index contributed by atoms with van der Waals surface area (Å²) in [5.41, 5.74) is 14.8. The normalized spacial score (nSPS) is 19.5. The minimum atomic E-state index is -0.315. The number of anilines is 2. The number of allylic oxidation sites excluding steroid dienone is 2. The Morgan fingerprint density at radius 3 is 1.74 bits per heavy atom. The molecule has 0 saturated heterocycles. The molecule has 2 heteroatoms. The summed E-state index contributed by atoms with van der Waals surface area (Å²) in [7, 11) is 0. The lowest BCUT2D eigenvalue weighted by atomic mass is 9.79. The molecule has 0 N–H and O–H groups in total. The first-order valence-electron chi connectivity index (χ1n) is 13.6. The van der Waals surface area contributed by atoms with E-state index in [4.69, 9.17) is 0 Å². The number of hydrogen-bond acceptors (Lipinski definition) is 2. The summed E-state index contributed by atoms with van der Waals surface area (Å²) in [6.45, 7) is 13.8. The third kappa shape index (κ3) is 2.76. The summed E-state index contributed by atoms with van der Waals surface area (Å²) in [5, 5.41) is 0. The summed E-state index contributed by atoms with van der Waals surface area (Å²) < 4.78 is 0. The Morgan fingerprint density at radius 1 is 0.553 bits per heavy atom. The molecule has 0 radical (unpaired) electrons. The first-order chi connectivity index (χ1) is 18.1. The van der Waals surface area contributed by atoms with Crippen LogP contribution in [0.4, 0.5) is 11.4 Å². The SMILES string of the molecule is CC1(C)/C(=C\C=O)N(c2ccc3c(c2)C(C)(C)c2ccccc2-3)c2cc3c(cc21)-c1ccccc1C3(C)C. The molecule has 0 unspecified atom stereocenters. The number of benzene rings is 4. The van der Waals surface area contributed by atoms with Crippen LogP contribution in [0.2, 0.25) is 0 Å². The number of carbonyl (C=O) groups is 1. The average Bonchev–Trinajstić information content (AvgIpc) is 3.37. The third-order valence-electron chi connectivity index (χ3n) is 9.55. The van der Waals surface area contributed by atoms with Crippen LogP contribution in [0.3, 0.4) is 0 Å². The number of fused-ring (bicyclic) bond motifs is 7. The summed E-state index contributed by atoms with van der Waals surface area (Å²) in [4.78, 5) is 14.3. The maximum Gasteiger partial charge on any atom is 0.144 e. The summed E-state index contributed by atoms with van der Waals surface area (Å²) in [6.07, 6.45) is 2.70. The Kier molecular flexibility index (Phi) is 4.49. The van der Waals surface area contributed by atoms with Gasteiger partial charge < -0.3 is 4.90 Å². The van der Waals surface area contributed by atoms with Crippen molar-refractivity contribution in [2.24, 2.45) is 0 Å². The molecule has 7 rings (SSSR count). The minimum absolute atomic E-state index is 0.0872. The van der Waals surface area contributed by atoms with Crippen molar-refractivity contribution in [1.29, 1.82) is 0 Å². The van der Waals surface area contributed by atoms with Crippen molar-refractivity contribution in [3.05, 3.63) is 118 Å². The Balaban J connectivity index is 1.47. The van der Waals surface area contributed by atoms with Crippen LogP contribution in [0.15, 0.2) is 90.6 Å². The van der Waals surface area contributed by atoms with E-state index < -0.39 is 0 Å². The largest absolute Gasteiger partial charge is 0.313 e. The highest BCUT2D eigenvalue weighted by Gasteiger charge is 2.45. The molecule has 38 heavy (non-hydrogen) atoms. The molecule has 188 valence electrons. The van der Waals surface area contributed by atoms with Crippen LogP contribution in [-0.2, 0) is 21.0 Å². The van der Waals surface area contributed by atoms with Gasteiger partial charge in [0.15, 0.2) is 0 Å². The molecule has 0 spiro atoms. The van der Waals surface area contributed by atoms with Crippen molar-refractivity contribution < 1.29 is 4.79 Å². The van der Waals surface area contributed by atoms with E-state index in [0.29, 0.717) is 0 Å². The second-order valence-corrected chi connectivity index (χ2v) is 12.6. The lowest BCUT2D eigenvalue weighted by Crippen LogP contribution is -2.23. The molecule has 4 aromatic rings. The monoisotopic (exact) mass is 495 g/mol. The van der Waals surface area contributed by atoms with Gasteiger partial charge in [-0.15, -0.1) is 0 Å². The molecule has 2 aliphatic carbocycles. The van der Waals surface area contributed by atoms with Crippen LogP contribution < -0.4 is 4.90 Å². The number of hydrogen-bond donors (Lipinski definition) is 0. The van der Waals surface area contributed by atoms with Crippen molar-refractivity contribution in [3.63, 3.8) is 0 Å². The minimum Gasteiger partial charge on any atom is -0.313 e. The van der Waals surface area contributed by atoms with E-state index in [9.17, 15) is 4.79 Å². The number of carbonyl (C=O) groups excluding carboxylic acids is 1. The van der Waals surface area contributed by atoms with Gasteiger partial charge in [-0.05, 0) is 80.4 Å². The maximum atomic E-state index is 12.0. The average molecular weight is 496 g/mol. The summed E-state index contributed by atoms with van der Waals surface area (Å²) in [5.74, 6) is 0. The lowest BCUT2D eigenvalue weighted by Gasteiger charge is -2.29. The molecule has 0 fully saturated rings. The molecular weight excluding hydrogens is 462 g/mol. The van der Waals surface area contributed by atoms with Gasteiger partial charge in [0.1, 0.15) is 6.29 Å². The Bertz CT molecular complexity index is 1720. The molecular formula is C36H33NO. The fourth-order valence-corrected chi connectivity index (χ4v) is 7.43.